The van der Waals surface area contributed by atoms with Crippen LogP contribution in [-0.2, 0) is 10.2 Å². The van der Waals surface area contributed by atoms with Crippen LogP contribution in [0.15, 0.2) is 54.6 Å². The number of hydrogen-bond acceptors (Lipinski definition) is 3. The number of nitrogens with two attached hydrogens (primary N) is 1. The molecule has 1 aliphatic heterocycles. The van der Waals surface area contributed by atoms with Crippen molar-refractivity contribution in [3.05, 3.63) is 70.7 Å². The molecule has 1 saturated carbocycles. The number of amides is 1. The van der Waals surface area contributed by atoms with E-state index in [0.29, 0.717) is 13.1 Å². The van der Waals surface area contributed by atoms with Crippen LogP contribution in [0.1, 0.15) is 42.9 Å². The molecule has 4 nitrogen and oxygen atoms in total. The van der Waals surface area contributed by atoms with Crippen molar-refractivity contribution < 1.29 is 9.53 Å². The van der Waals surface area contributed by atoms with Gasteiger partial charge in [0.15, 0.2) is 0 Å². The predicted molar refractivity (Wildman–Crippen MR) is 114 cm³/mol. The number of nitrogens with zero attached hydrogens (tertiary/aromatic N) is 1. The molecule has 2 aromatic rings. The molecule has 2 fully saturated rings. The Labute approximate surface area is 177 Å². The molecule has 2 N–H and O–H groups in total. The van der Waals surface area contributed by atoms with Gasteiger partial charge < -0.3 is 15.4 Å². The van der Waals surface area contributed by atoms with E-state index in [1.807, 2.05) is 53.4 Å². The van der Waals surface area contributed by atoms with Crippen LogP contribution in [0.25, 0.3) is 0 Å². The molecule has 0 bridgehead atoms. The van der Waals surface area contributed by atoms with Crippen molar-refractivity contribution in [2.75, 3.05) is 13.1 Å². The van der Waals surface area contributed by atoms with Gasteiger partial charge in [-0.15, -0.1) is 12.4 Å². The van der Waals surface area contributed by atoms with Crippen LogP contribution in [0, 0.1) is 0 Å². The number of benzene rings is 2. The van der Waals surface area contributed by atoms with Gasteiger partial charge >= 0.3 is 6.09 Å². The first-order valence-electron chi connectivity index (χ1n) is 9.60. The number of rotatable bonds is 4. The first-order valence-corrected chi connectivity index (χ1v) is 9.97. The van der Waals surface area contributed by atoms with E-state index in [2.05, 4.69) is 6.07 Å². The van der Waals surface area contributed by atoms with Gasteiger partial charge in [0.25, 0.3) is 0 Å². The zero-order valence-electron chi connectivity index (χ0n) is 15.7. The zero-order valence-corrected chi connectivity index (χ0v) is 17.3. The summed E-state index contributed by atoms with van der Waals surface area (Å²) in [4.78, 5) is 14.4. The number of halogens is 2. The van der Waals surface area contributed by atoms with E-state index in [9.17, 15) is 4.79 Å². The van der Waals surface area contributed by atoms with Crippen molar-refractivity contribution in [2.45, 2.75) is 43.2 Å². The third-order valence-electron chi connectivity index (χ3n) is 6.19. The molecule has 0 radical (unpaired) electrons. The number of carbonyl (C=O) groups is 1. The van der Waals surface area contributed by atoms with Crippen LogP contribution in [0.2, 0.25) is 5.02 Å². The van der Waals surface area contributed by atoms with Gasteiger partial charge in [-0.1, -0.05) is 54.1 Å². The Morgan fingerprint density at radius 3 is 2.46 bits per heavy atom. The Morgan fingerprint density at radius 2 is 1.82 bits per heavy atom. The van der Waals surface area contributed by atoms with Crippen LogP contribution in [0.3, 0.4) is 0 Å². The van der Waals surface area contributed by atoms with E-state index in [1.165, 1.54) is 5.56 Å². The van der Waals surface area contributed by atoms with Gasteiger partial charge in [-0.3, -0.25) is 0 Å². The van der Waals surface area contributed by atoms with Crippen molar-refractivity contribution in [3.63, 3.8) is 0 Å². The SMILES string of the molecule is Cl.NCC1(c2cccc(Cl)c2)CCC(N2CC(c3ccccc3)OC2=O)CC1. The van der Waals surface area contributed by atoms with Crippen molar-refractivity contribution >= 4 is 30.1 Å². The summed E-state index contributed by atoms with van der Waals surface area (Å²) < 4.78 is 5.64. The second kappa shape index (κ2) is 8.73. The Hall–Kier alpha value is -1.75. The number of cyclic esters (lactones) is 1. The summed E-state index contributed by atoms with van der Waals surface area (Å²) in [5, 5.41) is 0.747. The van der Waals surface area contributed by atoms with E-state index in [0.717, 1.165) is 36.3 Å². The molecule has 150 valence electrons. The maximum atomic E-state index is 12.5. The van der Waals surface area contributed by atoms with Crippen LogP contribution >= 0.6 is 24.0 Å². The lowest BCUT2D eigenvalue weighted by molar-refractivity contribution is 0.117. The fourth-order valence-electron chi connectivity index (χ4n) is 4.51. The molecule has 1 heterocycles. The monoisotopic (exact) mass is 420 g/mol. The molecule has 1 atom stereocenters. The minimum Gasteiger partial charge on any atom is -0.439 e. The van der Waals surface area contributed by atoms with Gasteiger partial charge in [0.1, 0.15) is 6.10 Å². The Bertz CT molecular complexity index is 807. The average Bonchev–Trinajstić information content (AvgIpc) is 3.10. The standard InChI is InChI=1S/C22H25ClN2O2.ClH/c23-18-8-4-7-17(13-18)22(15-24)11-9-19(10-12-22)25-14-20(27-21(25)26)16-5-2-1-3-6-16;/h1-8,13,19-20H,9-12,14-15,24H2;1H. The molecular weight excluding hydrogens is 395 g/mol. The lowest BCUT2D eigenvalue weighted by atomic mass is 9.68. The fourth-order valence-corrected chi connectivity index (χ4v) is 4.71. The smallest absolute Gasteiger partial charge is 0.410 e. The zero-order chi connectivity index (χ0) is 18.9. The predicted octanol–water partition coefficient (Wildman–Crippen LogP) is 5.09. The second-order valence-electron chi connectivity index (χ2n) is 7.66. The van der Waals surface area contributed by atoms with Crippen LogP contribution in [0.5, 0.6) is 0 Å². The summed E-state index contributed by atoms with van der Waals surface area (Å²) in [6, 6.07) is 18.2. The van der Waals surface area contributed by atoms with E-state index in [1.54, 1.807) is 0 Å². The molecule has 2 aromatic carbocycles. The number of carbonyl (C=O) groups excluding carboxylic acids is 1. The highest BCUT2D eigenvalue weighted by molar-refractivity contribution is 6.30. The minimum atomic E-state index is -0.197. The van der Waals surface area contributed by atoms with E-state index in [4.69, 9.17) is 22.1 Å². The molecule has 1 aliphatic carbocycles. The Kier molecular flexibility index (Phi) is 6.54. The average molecular weight is 421 g/mol. The third-order valence-corrected chi connectivity index (χ3v) is 6.43. The van der Waals surface area contributed by atoms with Gasteiger partial charge in [-0.2, -0.15) is 0 Å². The van der Waals surface area contributed by atoms with Gasteiger partial charge in [0.2, 0.25) is 0 Å². The molecule has 28 heavy (non-hydrogen) atoms. The molecule has 2 aliphatic rings. The summed E-state index contributed by atoms with van der Waals surface area (Å²) >= 11 is 6.20. The maximum Gasteiger partial charge on any atom is 0.410 e. The fraction of sp³-hybridized carbons (Fsp3) is 0.409. The summed E-state index contributed by atoms with van der Waals surface area (Å²) in [6.07, 6.45) is 3.40. The molecule has 1 unspecified atom stereocenters. The summed E-state index contributed by atoms with van der Waals surface area (Å²) in [7, 11) is 0. The lowest BCUT2D eigenvalue weighted by Gasteiger charge is -2.42. The van der Waals surface area contributed by atoms with Crippen LogP contribution in [0.4, 0.5) is 4.79 Å². The lowest BCUT2D eigenvalue weighted by Crippen LogP contribution is -2.45. The van der Waals surface area contributed by atoms with Crippen molar-refractivity contribution in [2.24, 2.45) is 5.73 Å². The molecule has 0 spiro atoms. The Balaban J connectivity index is 0.00000225. The van der Waals surface area contributed by atoms with Crippen LogP contribution in [-0.4, -0.2) is 30.1 Å². The van der Waals surface area contributed by atoms with Crippen molar-refractivity contribution in [1.29, 1.82) is 0 Å². The summed E-state index contributed by atoms with van der Waals surface area (Å²) in [5.74, 6) is 0. The van der Waals surface area contributed by atoms with Gasteiger partial charge in [0.05, 0.1) is 6.54 Å². The first kappa shape index (κ1) is 21.0. The molecule has 4 rings (SSSR count). The van der Waals surface area contributed by atoms with Crippen molar-refractivity contribution in [3.8, 4) is 0 Å². The van der Waals surface area contributed by atoms with Gasteiger partial charge in [0, 0.05) is 23.0 Å². The van der Waals surface area contributed by atoms with Gasteiger partial charge in [-0.25, -0.2) is 4.79 Å². The van der Waals surface area contributed by atoms with E-state index in [-0.39, 0.29) is 36.1 Å². The topological polar surface area (TPSA) is 55.6 Å². The summed E-state index contributed by atoms with van der Waals surface area (Å²) in [6.45, 7) is 1.22. The number of ether oxygens (including phenoxy) is 1. The third kappa shape index (κ3) is 4.00. The largest absolute Gasteiger partial charge is 0.439 e. The maximum absolute atomic E-state index is 12.5. The highest BCUT2D eigenvalue weighted by Gasteiger charge is 2.42. The molecule has 0 aromatic heterocycles. The van der Waals surface area contributed by atoms with E-state index >= 15 is 0 Å². The molecular formula is C22H26Cl2N2O2. The highest BCUT2D eigenvalue weighted by atomic mass is 35.5. The molecule has 1 saturated heterocycles. The highest BCUT2D eigenvalue weighted by Crippen LogP contribution is 2.42. The molecule has 6 heteroatoms. The minimum absolute atomic E-state index is 0. The van der Waals surface area contributed by atoms with E-state index < -0.39 is 0 Å². The number of hydrogen-bond donors (Lipinski definition) is 1. The first-order chi connectivity index (χ1) is 13.1. The van der Waals surface area contributed by atoms with Crippen LogP contribution < -0.4 is 5.73 Å². The molecule has 1 amide bonds. The Morgan fingerprint density at radius 1 is 1.11 bits per heavy atom. The quantitative estimate of drug-likeness (QED) is 0.748. The van der Waals surface area contributed by atoms with Gasteiger partial charge in [-0.05, 0) is 48.9 Å². The normalized spacial score (nSPS) is 27.2. The van der Waals surface area contributed by atoms with Crippen molar-refractivity contribution in [1.82, 2.24) is 4.90 Å². The summed E-state index contributed by atoms with van der Waals surface area (Å²) in [5.41, 5.74) is 8.41. The second-order valence-corrected chi connectivity index (χ2v) is 8.10.